The first-order chi connectivity index (χ1) is 11.3. The van der Waals surface area contributed by atoms with Crippen molar-refractivity contribution in [2.45, 2.75) is 53.9 Å². The average Bonchev–Trinajstić information content (AvgIpc) is 2.76. The molecule has 0 radical (unpaired) electrons. The van der Waals surface area contributed by atoms with Crippen LogP contribution < -0.4 is 37.2 Å². The molecule has 2 aromatic carbocycles. The first-order valence-electron chi connectivity index (χ1n) is 8.79. The fourth-order valence-corrected chi connectivity index (χ4v) is 3.93. The van der Waals surface area contributed by atoms with Gasteiger partial charge in [-0.25, -0.2) is 17.2 Å². The van der Waals surface area contributed by atoms with E-state index in [-0.39, 0.29) is 58.9 Å². The monoisotopic (exact) mass is 468 g/mol. The van der Waals surface area contributed by atoms with Crippen molar-refractivity contribution in [1.82, 2.24) is 0 Å². The van der Waals surface area contributed by atoms with Crippen molar-refractivity contribution >= 4 is 0 Å². The molecule has 0 saturated heterocycles. The molecule has 0 atom stereocenters. The van der Waals surface area contributed by atoms with Crippen molar-refractivity contribution in [3.05, 3.63) is 92.6 Å². The summed E-state index contributed by atoms with van der Waals surface area (Å²) in [5, 5.41) is 0. The van der Waals surface area contributed by atoms with Crippen LogP contribution in [0.15, 0.2) is 53.1 Å². The van der Waals surface area contributed by atoms with Gasteiger partial charge in [-0.3, -0.25) is 0 Å². The molecule has 0 aliphatic heterocycles. The van der Waals surface area contributed by atoms with E-state index in [1.54, 1.807) is 0 Å². The fraction of sp³-hybridized carbons (Fsp3) is 0.333. The molecule has 0 saturated carbocycles. The fourth-order valence-electron chi connectivity index (χ4n) is 3.93. The molecule has 2 aromatic rings. The van der Waals surface area contributed by atoms with Gasteiger partial charge in [0.2, 0.25) is 0 Å². The van der Waals surface area contributed by atoms with Crippen molar-refractivity contribution in [3.8, 4) is 0 Å². The largest absolute Gasteiger partial charge is 4.00 e. The minimum absolute atomic E-state index is 0. The molecule has 148 valence electrons. The van der Waals surface area contributed by atoms with Gasteiger partial charge in [-0.1, -0.05) is 72.0 Å². The van der Waals surface area contributed by atoms with Crippen LogP contribution in [0, 0.1) is 33.8 Å². The van der Waals surface area contributed by atoms with Gasteiger partial charge in [0.15, 0.2) is 0 Å². The summed E-state index contributed by atoms with van der Waals surface area (Å²) in [6.45, 7) is 13.2. The zero-order valence-electron chi connectivity index (χ0n) is 17.4. The van der Waals surface area contributed by atoms with Gasteiger partial charge in [-0.15, -0.1) is 6.92 Å². The predicted molar refractivity (Wildman–Crippen MR) is 103 cm³/mol. The maximum atomic E-state index is 3.67. The van der Waals surface area contributed by atoms with Crippen molar-refractivity contribution in [2.75, 3.05) is 0 Å². The second-order valence-electron chi connectivity index (χ2n) is 7.51. The first kappa shape index (κ1) is 29.7. The summed E-state index contributed by atoms with van der Waals surface area (Å²) in [6, 6.07) is 13.9. The number of rotatable bonds is 3. The second kappa shape index (κ2) is 12.3. The Labute approximate surface area is 204 Å². The van der Waals surface area contributed by atoms with Crippen molar-refractivity contribution < 1.29 is 58.9 Å². The van der Waals surface area contributed by atoms with Gasteiger partial charge in [0.25, 0.3) is 0 Å². The number of hydrogen-bond donors (Lipinski definition) is 0. The van der Waals surface area contributed by atoms with Crippen LogP contribution in [0.5, 0.6) is 0 Å². The Hall–Kier alpha value is -0.496. The Bertz CT molecular complexity index is 774. The van der Waals surface area contributed by atoms with Gasteiger partial charge in [0.1, 0.15) is 0 Å². The summed E-state index contributed by atoms with van der Waals surface area (Å²) in [6.07, 6.45) is 4.71. The second-order valence-corrected chi connectivity index (χ2v) is 7.51. The molecular formula is C24H27Cl3Ti. The topological polar surface area (TPSA) is 0 Å². The van der Waals surface area contributed by atoms with E-state index in [1.165, 1.54) is 50.1 Å². The number of allylic oxidation sites excluding steroid dienone is 4. The first-order valence-corrected chi connectivity index (χ1v) is 8.79. The number of benzene rings is 2. The molecule has 1 aliphatic carbocycles. The van der Waals surface area contributed by atoms with Crippen molar-refractivity contribution in [2.24, 2.45) is 0 Å². The molecule has 0 nitrogen and oxygen atoms in total. The zero-order valence-corrected chi connectivity index (χ0v) is 21.2. The summed E-state index contributed by atoms with van der Waals surface area (Å²) in [4.78, 5) is 0. The standard InChI is InChI=1S/C24H27.3ClH.Ti/c1-15-7-16(2)10-21(9-15)24(23-13-19(5)20(6)14-23)22-11-17(3)8-18(4)12-22;;;;/h7-12,24H,13H2,1-6H3;3*1H;/q-1;;;;+4/p-3. The molecule has 0 amide bonds. The van der Waals surface area contributed by atoms with E-state index in [9.17, 15) is 0 Å². The summed E-state index contributed by atoms with van der Waals surface area (Å²) in [5.41, 5.74) is 12.3. The van der Waals surface area contributed by atoms with E-state index < -0.39 is 0 Å². The molecule has 0 bridgehead atoms. The van der Waals surface area contributed by atoms with Crippen LogP contribution in [0.25, 0.3) is 0 Å². The third kappa shape index (κ3) is 6.79. The number of hydrogen-bond acceptors (Lipinski definition) is 0. The third-order valence-electron chi connectivity index (χ3n) is 4.95. The van der Waals surface area contributed by atoms with E-state index in [4.69, 9.17) is 0 Å². The molecule has 0 spiro atoms. The van der Waals surface area contributed by atoms with Gasteiger partial charge in [0, 0.05) is 5.92 Å². The smallest absolute Gasteiger partial charge is 1.00 e. The Morgan fingerprint density at radius 3 is 1.29 bits per heavy atom. The van der Waals surface area contributed by atoms with Crippen LogP contribution in [0.2, 0.25) is 0 Å². The average molecular weight is 470 g/mol. The van der Waals surface area contributed by atoms with Gasteiger partial charge in [-0.05, 0) is 38.8 Å². The SMILES string of the molecule is CC1=C(C)CC(C(c2cc(C)cc(C)c2)c2cc(C)cc(C)c2)=[C-]1.[Cl-].[Cl-].[Cl-].[Ti+4]. The molecule has 0 N–H and O–H groups in total. The van der Waals surface area contributed by atoms with Crippen molar-refractivity contribution in [1.29, 1.82) is 0 Å². The minimum Gasteiger partial charge on any atom is -1.00 e. The maximum Gasteiger partial charge on any atom is 4.00 e. The summed E-state index contributed by atoms with van der Waals surface area (Å²) < 4.78 is 0. The third-order valence-corrected chi connectivity index (χ3v) is 4.95. The molecular weight excluding hydrogens is 442 g/mol. The molecule has 3 rings (SSSR count). The number of halogens is 3. The summed E-state index contributed by atoms with van der Waals surface area (Å²) in [7, 11) is 0. The van der Waals surface area contributed by atoms with Gasteiger partial charge in [0.05, 0.1) is 0 Å². The summed E-state index contributed by atoms with van der Waals surface area (Å²) in [5.74, 6) is 0.301. The van der Waals surface area contributed by atoms with Gasteiger partial charge in [-0.2, -0.15) is 5.57 Å². The molecule has 0 aromatic heterocycles. The minimum atomic E-state index is 0. The predicted octanol–water partition coefficient (Wildman–Crippen LogP) is -2.47. The zero-order chi connectivity index (χ0) is 17.4. The van der Waals surface area contributed by atoms with Crippen LogP contribution in [-0.4, -0.2) is 0 Å². The molecule has 0 fully saturated rings. The molecule has 4 heteroatoms. The maximum absolute atomic E-state index is 3.67. The van der Waals surface area contributed by atoms with E-state index in [1.807, 2.05) is 0 Å². The van der Waals surface area contributed by atoms with Crippen molar-refractivity contribution in [3.63, 3.8) is 0 Å². The normalized spacial score (nSPS) is 12.5. The Kier molecular flexibility index (Phi) is 13.0. The summed E-state index contributed by atoms with van der Waals surface area (Å²) >= 11 is 0. The Morgan fingerprint density at radius 1 is 0.643 bits per heavy atom. The molecule has 28 heavy (non-hydrogen) atoms. The Morgan fingerprint density at radius 2 is 1.00 bits per heavy atom. The Balaban J connectivity index is 0. The van der Waals surface area contributed by atoms with Crippen LogP contribution >= 0.6 is 0 Å². The van der Waals surface area contributed by atoms with Crippen LogP contribution in [0.3, 0.4) is 0 Å². The van der Waals surface area contributed by atoms with Gasteiger partial charge >= 0.3 is 21.7 Å². The van der Waals surface area contributed by atoms with Crippen LogP contribution in [0.4, 0.5) is 0 Å². The molecule has 0 heterocycles. The van der Waals surface area contributed by atoms with Crippen LogP contribution in [0.1, 0.15) is 59.6 Å². The van der Waals surface area contributed by atoms with Gasteiger partial charge < -0.3 is 37.2 Å². The van der Waals surface area contributed by atoms with Crippen LogP contribution in [-0.2, 0) is 21.7 Å². The van der Waals surface area contributed by atoms with E-state index >= 15 is 0 Å². The van der Waals surface area contributed by atoms with E-state index in [0.29, 0.717) is 5.92 Å². The number of aryl methyl sites for hydroxylation is 4. The van der Waals surface area contributed by atoms with E-state index in [0.717, 1.165) is 6.42 Å². The quantitative estimate of drug-likeness (QED) is 0.345. The van der Waals surface area contributed by atoms with E-state index in [2.05, 4.69) is 84.0 Å². The molecule has 1 aliphatic rings. The molecule has 0 unspecified atom stereocenters.